The Balaban J connectivity index is 1.83. The van der Waals surface area contributed by atoms with Crippen LogP contribution in [-0.2, 0) is 7.05 Å². The Kier molecular flexibility index (Phi) is 4.37. The number of halogens is 2. The van der Waals surface area contributed by atoms with E-state index < -0.39 is 11.7 Å². The summed E-state index contributed by atoms with van der Waals surface area (Å²) >= 11 is 5.99. The number of carbonyl (C=O) groups excluding carboxylic acids is 1. The monoisotopic (exact) mass is 337 g/mol. The van der Waals surface area contributed by atoms with Gasteiger partial charge in [0, 0.05) is 18.8 Å². The number of benzene rings is 1. The van der Waals surface area contributed by atoms with Crippen LogP contribution < -0.4 is 5.32 Å². The third-order valence-electron chi connectivity index (χ3n) is 4.16. The second-order valence-electron chi connectivity index (χ2n) is 5.91. The lowest BCUT2D eigenvalue weighted by Gasteiger charge is -2.37. The molecule has 0 aliphatic heterocycles. The fourth-order valence-corrected chi connectivity index (χ4v) is 3.07. The zero-order valence-corrected chi connectivity index (χ0v) is 13.3. The first-order valence-corrected chi connectivity index (χ1v) is 7.74. The summed E-state index contributed by atoms with van der Waals surface area (Å²) in [6, 6.07) is 3.39. The van der Waals surface area contributed by atoms with E-state index in [1.165, 1.54) is 12.1 Å². The van der Waals surface area contributed by atoms with Crippen LogP contribution in [0.25, 0.3) is 0 Å². The van der Waals surface area contributed by atoms with Crippen LogP contribution in [0.5, 0.6) is 0 Å². The molecule has 0 radical (unpaired) electrons. The Morgan fingerprint density at radius 3 is 2.87 bits per heavy atom. The second-order valence-corrected chi connectivity index (χ2v) is 6.32. The Labute approximate surface area is 138 Å². The minimum atomic E-state index is -0.517. The van der Waals surface area contributed by atoms with E-state index in [4.69, 9.17) is 11.6 Å². The highest BCUT2D eigenvalue weighted by Crippen LogP contribution is 2.38. The van der Waals surface area contributed by atoms with Crippen molar-refractivity contribution in [3.63, 3.8) is 0 Å². The molecule has 1 saturated carbocycles. The van der Waals surface area contributed by atoms with E-state index >= 15 is 0 Å². The van der Waals surface area contributed by atoms with Crippen LogP contribution in [0.15, 0.2) is 30.6 Å². The number of aryl methyl sites for hydroxylation is 1. The number of aromatic nitrogens is 2. The molecule has 1 unspecified atom stereocenters. The van der Waals surface area contributed by atoms with Crippen LogP contribution in [0.1, 0.15) is 34.8 Å². The van der Waals surface area contributed by atoms with Gasteiger partial charge in [0.05, 0.1) is 28.9 Å². The maximum Gasteiger partial charge on any atom is 0.253 e. The van der Waals surface area contributed by atoms with Crippen LogP contribution in [0, 0.1) is 11.7 Å². The number of rotatable bonds is 4. The zero-order valence-electron chi connectivity index (χ0n) is 12.5. The molecule has 23 heavy (non-hydrogen) atoms. The first-order valence-electron chi connectivity index (χ1n) is 7.36. The summed E-state index contributed by atoms with van der Waals surface area (Å²) in [5.74, 6) is -0.841. The molecule has 1 atom stereocenters. The summed E-state index contributed by atoms with van der Waals surface area (Å²) in [6.45, 7) is 0. The van der Waals surface area contributed by atoms with Gasteiger partial charge < -0.3 is 10.4 Å². The summed E-state index contributed by atoms with van der Waals surface area (Å²) in [5.41, 5.74) is 0.950. The molecule has 122 valence electrons. The van der Waals surface area contributed by atoms with Crippen LogP contribution in [0.4, 0.5) is 4.39 Å². The van der Waals surface area contributed by atoms with E-state index in [2.05, 4.69) is 10.4 Å². The third kappa shape index (κ3) is 3.38. The number of nitrogens with zero attached hydrogens (tertiary/aromatic N) is 2. The Bertz CT molecular complexity index is 728. The zero-order chi connectivity index (χ0) is 16.6. The van der Waals surface area contributed by atoms with Crippen LogP contribution >= 0.6 is 11.6 Å². The molecule has 1 heterocycles. The molecule has 1 fully saturated rings. The summed E-state index contributed by atoms with van der Waals surface area (Å²) in [6.07, 6.45) is 4.38. The minimum Gasteiger partial charge on any atom is -0.393 e. The smallest absolute Gasteiger partial charge is 0.253 e. The quantitative estimate of drug-likeness (QED) is 0.900. The fourth-order valence-electron chi connectivity index (χ4n) is 2.87. The van der Waals surface area contributed by atoms with E-state index in [9.17, 15) is 14.3 Å². The molecule has 1 aromatic heterocycles. The van der Waals surface area contributed by atoms with E-state index in [1.54, 1.807) is 17.9 Å². The number of hydrogen-bond donors (Lipinski definition) is 2. The van der Waals surface area contributed by atoms with Crippen molar-refractivity contribution in [2.24, 2.45) is 13.0 Å². The van der Waals surface area contributed by atoms with Gasteiger partial charge in [0.2, 0.25) is 0 Å². The van der Waals surface area contributed by atoms with Gasteiger partial charge in [-0.05, 0) is 37.0 Å². The molecule has 0 spiro atoms. The molecule has 2 N–H and O–H groups in total. The van der Waals surface area contributed by atoms with Gasteiger partial charge in [0.25, 0.3) is 5.91 Å². The molecule has 5 nitrogen and oxygen atoms in total. The lowest BCUT2D eigenvalue weighted by atomic mass is 9.75. The topological polar surface area (TPSA) is 67.2 Å². The van der Waals surface area contributed by atoms with Gasteiger partial charge in [-0.15, -0.1) is 0 Å². The first kappa shape index (κ1) is 16.0. The van der Waals surface area contributed by atoms with Crippen molar-refractivity contribution >= 4 is 17.5 Å². The molecule has 1 amide bonds. The van der Waals surface area contributed by atoms with E-state index in [0.29, 0.717) is 12.8 Å². The number of nitrogens with one attached hydrogen (secondary N) is 1. The highest BCUT2D eigenvalue weighted by molar-refractivity contribution is 6.33. The van der Waals surface area contributed by atoms with Crippen molar-refractivity contribution in [3.8, 4) is 0 Å². The average Bonchev–Trinajstić information content (AvgIpc) is 2.90. The van der Waals surface area contributed by atoms with E-state index in [0.717, 1.165) is 11.6 Å². The number of aliphatic hydroxyl groups is 1. The highest BCUT2D eigenvalue weighted by atomic mass is 35.5. The van der Waals surface area contributed by atoms with Crippen molar-refractivity contribution in [2.75, 3.05) is 0 Å². The van der Waals surface area contributed by atoms with Gasteiger partial charge in [-0.25, -0.2) is 4.39 Å². The maximum absolute atomic E-state index is 13.4. The molecule has 7 heteroatoms. The Morgan fingerprint density at radius 2 is 2.26 bits per heavy atom. The fraction of sp³-hybridized carbons (Fsp3) is 0.375. The molecular formula is C16H17ClFN3O2. The second kappa shape index (κ2) is 6.29. The van der Waals surface area contributed by atoms with Gasteiger partial charge in [0.1, 0.15) is 5.82 Å². The molecule has 0 saturated heterocycles. The number of amides is 1. The highest BCUT2D eigenvalue weighted by Gasteiger charge is 2.36. The summed E-state index contributed by atoms with van der Waals surface area (Å²) < 4.78 is 15.0. The van der Waals surface area contributed by atoms with Crippen molar-refractivity contribution in [1.82, 2.24) is 15.1 Å². The van der Waals surface area contributed by atoms with E-state index in [-0.39, 0.29) is 28.6 Å². The van der Waals surface area contributed by atoms with Crippen molar-refractivity contribution in [1.29, 1.82) is 0 Å². The Hall–Kier alpha value is -1.92. The van der Waals surface area contributed by atoms with Crippen molar-refractivity contribution in [2.45, 2.75) is 25.0 Å². The van der Waals surface area contributed by atoms with Crippen molar-refractivity contribution < 1.29 is 14.3 Å². The number of carbonyl (C=O) groups is 1. The molecule has 1 aliphatic rings. The van der Waals surface area contributed by atoms with E-state index in [1.807, 2.05) is 6.20 Å². The van der Waals surface area contributed by atoms with Crippen LogP contribution in [0.2, 0.25) is 5.02 Å². The molecule has 1 aromatic carbocycles. The number of aliphatic hydroxyl groups excluding tert-OH is 1. The minimum absolute atomic E-state index is 0.0976. The summed E-state index contributed by atoms with van der Waals surface area (Å²) in [7, 11) is 1.79. The normalized spacial score (nSPS) is 21.6. The van der Waals surface area contributed by atoms with Gasteiger partial charge >= 0.3 is 0 Å². The van der Waals surface area contributed by atoms with Crippen LogP contribution in [-0.4, -0.2) is 26.9 Å². The standard InChI is InChI=1S/C16H17ClFN3O2/c1-21-8-10(7-19-21)15(9-4-12(22)5-9)20-16(23)13-6-11(18)2-3-14(13)17/h2-3,6-9,12,15,22H,4-5H2,1H3,(H,20,23). The number of hydrogen-bond acceptors (Lipinski definition) is 3. The lowest BCUT2D eigenvalue weighted by molar-refractivity contribution is 0.0235. The van der Waals surface area contributed by atoms with Crippen molar-refractivity contribution in [3.05, 3.63) is 52.6 Å². The average molecular weight is 338 g/mol. The van der Waals surface area contributed by atoms with Gasteiger partial charge in [-0.1, -0.05) is 11.6 Å². The largest absolute Gasteiger partial charge is 0.393 e. The molecule has 1 aliphatic carbocycles. The van der Waals surface area contributed by atoms with Gasteiger partial charge in [-0.3, -0.25) is 9.48 Å². The molecule has 3 rings (SSSR count). The lowest BCUT2D eigenvalue weighted by Crippen LogP contribution is -2.41. The third-order valence-corrected chi connectivity index (χ3v) is 4.49. The Morgan fingerprint density at radius 1 is 1.52 bits per heavy atom. The molecule has 2 aromatic rings. The maximum atomic E-state index is 13.4. The SMILES string of the molecule is Cn1cc(C(NC(=O)c2cc(F)ccc2Cl)C2CC(O)C2)cn1. The molecular weight excluding hydrogens is 321 g/mol. The predicted molar refractivity (Wildman–Crippen MR) is 83.6 cm³/mol. The molecule has 0 bridgehead atoms. The van der Waals surface area contributed by atoms with Gasteiger partial charge in [-0.2, -0.15) is 5.10 Å². The summed E-state index contributed by atoms with van der Waals surface area (Å²) in [5, 5.41) is 16.8. The van der Waals surface area contributed by atoms with Crippen LogP contribution in [0.3, 0.4) is 0 Å². The van der Waals surface area contributed by atoms with Gasteiger partial charge in [0.15, 0.2) is 0 Å². The predicted octanol–water partition coefficient (Wildman–Crippen LogP) is 2.45. The first-order chi connectivity index (χ1) is 10.9. The summed E-state index contributed by atoms with van der Waals surface area (Å²) in [4.78, 5) is 12.5.